The molecule has 0 amide bonds. The second kappa shape index (κ2) is 20.2. The van der Waals surface area contributed by atoms with Gasteiger partial charge in [-0.2, -0.15) is 0 Å². The van der Waals surface area contributed by atoms with Gasteiger partial charge in [0.1, 0.15) is 0 Å². The van der Waals surface area contributed by atoms with Crippen molar-refractivity contribution in [3.05, 3.63) is 0 Å². The highest BCUT2D eigenvalue weighted by Gasteiger charge is 2.11. The lowest BCUT2D eigenvalue weighted by Gasteiger charge is -2.19. The van der Waals surface area contributed by atoms with Crippen molar-refractivity contribution in [3.8, 4) is 0 Å². The predicted molar refractivity (Wildman–Crippen MR) is 120 cm³/mol. The fourth-order valence-electron chi connectivity index (χ4n) is 4.13. The quantitative estimate of drug-likeness (QED) is 0.353. The van der Waals surface area contributed by atoms with Crippen LogP contribution in [0, 0.1) is 0 Å². The molecule has 0 aliphatic carbocycles. The highest BCUT2D eigenvalue weighted by Crippen LogP contribution is 2.17. The average Bonchev–Trinajstić information content (AvgIpc) is 2.70. The molecule has 1 rings (SSSR count). The molecule has 3 heteroatoms. The molecular weight excluding hydrogens is 348 g/mol. The molecule has 0 bridgehead atoms. The number of rotatable bonds is 12. The topological polar surface area (TPSA) is 38.7 Å². The smallest absolute Gasteiger partial charge is 0.0773 e. The maximum Gasteiger partial charge on any atom is 0.0773 e. The summed E-state index contributed by atoms with van der Waals surface area (Å²) >= 11 is 0. The predicted octanol–water partition coefficient (Wildman–Crippen LogP) is 7.19. The van der Waals surface area contributed by atoms with E-state index in [1.54, 1.807) is 0 Å². The van der Waals surface area contributed by atoms with Crippen molar-refractivity contribution in [2.45, 2.75) is 141 Å². The van der Waals surface area contributed by atoms with Crippen LogP contribution in [0.15, 0.2) is 0 Å². The van der Waals surface area contributed by atoms with Crippen molar-refractivity contribution >= 4 is 0 Å². The summed E-state index contributed by atoms with van der Waals surface area (Å²) in [6, 6.07) is 0. The summed E-state index contributed by atoms with van der Waals surface area (Å²) in [7, 11) is 0. The zero-order valence-electron chi connectivity index (χ0n) is 19.0. The Balaban J connectivity index is 2.02. The molecule has 1 aliphatic heterocycles. The minimum atomic E-state index is -0.264. The fraction of sp³-hybridized carbons (Fsp3) is 1.00. The van der Waals surface area contributed by atoms with Crippen molar-refractivity contribution in [1.29, 1.82) is 0 Å². The molecule has 168 valence electrons. The third-order valence-electron chi connectivity index (χ3n) is 6.04. The van der Waals surface area contributed by atoms with E-state index in [1.165, 1.54) is 103 Å². The van der Waals surface area contributed by atoms with Crippen molar-refractivity contribution in [2.75, 3.05) is 19.8 Å². The normalized spacial score (nSPS) is 23.4. The number of ether oxygens (including phenoxy) is 2. The van der Waals surface area contributed by atoms with Crippen molar-refractivity contribution in [1.82, 2.24) is 0 Å². The summed E-state index contributed by atoms with van der Waals surface area (Å²) in [4.78, 5) is 0. The van der Waals surface area contributed by atoms with Crippen LogP contribution in [0.2, 0.25) is 0 Å². The van der Waals surface area contributed by atoms with E-state index in [1.807, 2.05) is 0 Å². The second-order valence-electron chi connectivity index (χ2n) is 8.89. The molecule has 1 aliphatic rings. The average molecular weight is 399 g/mol. The van der Waals surface area contributed by atoms with Gasteiger partial charge in [0.15, 0.2) is 0 Å². The highest BCUT2D eigenvalue weighted by atomic mass is 16.5. The van der Waals surface area contributed by atoms with Crippen LogP contribution in [-0.4, -0.2) is 37.1 Å². The van der Waals surface area contributed by atoms with Gasteiger partial charge < -0.3 is 14.6 Å². The Labute approximate surface area is 176 Å². The van der Waals surface area contributed by atoms with Crippen molar-refractivity contribution in [2.24, 2.45) is 0 Å². The van der Waals surface area contributed by atoms with Crippen LogP contribution in [0.25, 0.3) is 0 Å². The molecule has 3 nitrogen and oxygen atoms in total. The third-order valence-corrected chi connectivity index (χ3v) is 6.04. The molecule has 0 aromatic heterocycles. The van der Waals surface area contributed by atoms with Gasteiger partial charge >= 0.3 is 0 Å². The largest absolute Gasteiger partial charge is 0.391 e. The van der Waals surface area contributed by atoms with E-state index >= 15 is 0 Å². The molecule has 28 heavy (non-hydrogen) atoms. The van der Waals surface area contributed by atoms with Crippen LogP contribution in [0.3, 0.4) is 0 Å². The SMILES string of the molecule is CCCCCCCCCCCCOC1CCCCCCC(O)COCCCC1. The summed E-state index contributed by atoms with van der Waals surface area (Å²) in [5, 5.41) is 9.85. The minimum Gasteiger partial charge on any atom is -0.391 e. The molecule has 2 unspecified atom stereocenters. The Kier molecular flexibility index (Phi) is 18.7. The Morgan fingerprint density at radius 1 is 0.714 bits per heavy atom. The van der Waals surface area contributed by atoms with Crippen LogP contribution >= 0.6 is 0 Å². The van der Waals surface area contributed by atoms with E-state index in [0.717, 1.165) is 32.5 Å². The minimum absolute atomic E-state index is 0.264. The monoisotopic (exact) mass is 398 g/mol. The second-order valence-corrected chi connectivity index (χ2v) is 8.89. The first-order chi connectivity index (χ1) is 13.8. The van der Waals surface area contributed by atoms with Crippen molar-refractivity contribution < 1.29 is 14.6 Å². The number of hydrogen-bond donors (Lipinski definition) is 1. The fourth-order valence-corrected chi connectivity index (χ4v) is 4.13. The number of aliphatic hydroxyl groups is 1. The molecule has 0 saturated carbocycles. The molecular formula is C25H50O3. The maximum atomic E-state index is 9.85. The zero-order chi connectivity index (χ0) is 20.1. The molecule has 1 fully saturated rings. The lowest BCUT2D eigenvalue weighted by Crippen LogP contribution is -2.17. The van der Waals surface area contributed by atoms with Gasteiger partial charge in [0, 0.05) is 13.2 Å². The van der Waals surface area contributed by atoms with Crippen LogP contribution < -0.4 is 0 Å². The first-order valence-electron chi connectivity index (χ1n) is 12.7. The Morgan fingerprint density at radius 2 is 1.29 bits per heavy atom. The van der Waals surface area contributed by atoms with Crippen molar-refractivity contribution in [3.63, 3.8) is 0 Å². The Morgan fingerprint density at radius 3 is 1.96 bits per heavy atom. The first-order valence-corrected chi connectivity index (χ1v) is 12.7. The maximum absolute atomic E-state index is 9.85. The molecule has 0 aromatic rings. The van der Waals surface area contributed by atoms with E-state index in [2.05, 4.69) is 6.92 Å². The molecule has 0 aromatic carbocycles. The summed E-state index contributed by atoms with van der Waals surface area (Å²) in [6.07, 6.45) is 24.4. The van der Waals surface area contributed by atoms with Gasteiger partial charge in [-0.1, -0.05) is 90.4 Å². The standard InChI is InChI=1S/C25H50O3/c1-2-3-4-5-6-7-8-9-12-16-22-28-25-19-14-11-10-13-18-24(26)23-27-21-17-15-20-25/h24-26H,2-23H2,1H3. The van der Waals surface area contributed by atoms with E-state index in [9.17, 15) is 5.11 Å². The zero-order valence-corrected chi connectivity index (χ0v) is 19.0. The van der Waals surface area contributed by atoms with Crippen LogP contribution in [0.1, 0.15) is 129 Å². The molecule has 2 atom stereocenters. The highest BCUT2D eigenvalue weighted by molar-refractivity contribution is 4.62. The summed E-state index contributed by atoms with van der Waals surface area (Å²) in [5.41, 5.74) is 0. The Bertz CT molecular complexity index is 292. The molecule has 1 N–H and O–H groups in total. The summed E-state index contributed by atoms with van der Waals surface area (Å²) < 4.78 is 11.9. The summed E-state index contributed by atoms with van der Waals surface area (Å²) in [6.45, 7) is 4.53. The van der Waals surface area contributed by atoms with Gasteiger partial charge in [-0.15, -0.1) is 0 Å². The van der Waals surface area contributed by atoms with Gasteiger partial charge in [0.05, 0.1) is 18.8 Å². The first kappa shape index (κ1) is 25.9. The molecule has 1 saturated heterocycles. The van der Waals surface area contributed by atoms with Crippen LogP contribution in [0.4, 0.5) is 0 Å². The number of unbranched alkanes of at least 4 members (excludes halogenated alkanes) is 9. The number of aliphatic hydroxyl groups excluding tert-OH is 1. The lowest BCUT2D eigenvalue weighted by molar-refractivity contribution is 0.0194. The molecule has 1 heterocycles. The molecule has 0 spiro atoms. The number of hydrogen-bond acceptors (Lipinski definition) is 3. The van der Waals surface area contributed by atoms with E-state index < -0.39 is 0 Å². The van der Waals surface area contributed by atoms with Gasteiger partial charge in [-0.05, 0) is 38.5 Å². The lowest BCUT2D eigenvalue weighted by atomic mass is 10.0. The van der Waals surface area contributed by atoms with E-state index in [0.29, 0.717) is 12.7 Å². The third kappa shape index (κ3) is 16.8. The van der Waals surface area contributed by atoms with E-state index in [-0.39, 0.29) is 6.10 Å². The summed E-state index contributed by atoms with van der Waals surface area (Å²) in [5.74, 6) is 0. The van der Waals surface area contributed by atoms with Crippen LogP contribution in [0.5, 0.6) is 0 Å². The molecule has 0 radical (unpaired) electrons. The van der Waals surface area contributed by atoms with Gasteiger partial charge in [-0.25, -0.2) is 0 Å². The van der Waals surface area contributed by atoms with Crippen LogP contribution in [-0.2, 0) is 9.47 Å². The van der Waals surface area contributed by atoms with Gasteiger partial charge in [0.25, 0.3) is 0 Å². The Hall–Kier alpha value is -0.120. The van der Waals surface area contributed by atoms with Gasteiger partial charge in [0.2, 0.25) is 0 Å². The van der Waals surface area contributed by atoms with Gasteiger partial charge in [-0.3, -0.25) is 0 Å². The van der Waals surface area contributed by atoms with E-state index in [4.69, 9.17) is 9.47 Å².